The maximum atomic E-state index is 12.5. The first kappa shape index (κ1) is 23.0. The lowest BCUT2D eigenvalue weighted by atomic mass is 10.00. The number of hydrogen-bond donors (Lipinski definition) is 4. The summed E-state index contributed by atoms with van der Waals surface area (Å²) in [5.74, 6) is -0.998. The van der Waals surface area contributed by atoms with Gasteiger partial charge in [0.25, 0.3) is 5.91 Å². The van der Waals surface area contributed by atoms with Gasteiger partial charge in [0.1, 0.15) is 5.75 Å². The van der Waals surface area contributed by atoms with Gasteiger partial charge in [0.05, 0.1) is 5.71 Å². The number of halogens is 3. The molecule has 1 atom stereocenters. The van der Waals surface area contributed by atoms with Crippen molar-refractivity contribution < 1.29 is 27.8 Å². The van der Waals surface area contributed by atoms with E-state index in [1.54, 1.807) is 48.5 Å². The van der Waals surface area contributed by atoms with Gasteiger partial charge in [-0.25, -0.2) is 0 Å². The second-order valence-corrected chi connectivity index (χ2v) is 6.85. The lowest BCUT2D eigenvalue weighted by molar-refractivity contribution is -0.274. The van der Waals surface area contributed by atoms with Gasteiger partial charge in [0.15, 0.2) is 6.10 Å². The molecule has 0 aliphatic heterocycles. The molecule has 0 radical (unpaired) electrons. The van der Waals surface area contributed by atoms with Crippen LogP contribution < -0.4 is 15.8 Å². The van der Waals surface area contributed by atoms with Crippen molar-refractivity contribution in [2.75, 3.05) is 11.9 Å². The van der Waals surface area contributed by atoms with E-state index in [1.165, 1.54) is 24.3 Å². The maximum absolute atomic E-state index is 12.5. The van der Waals surface area contributed by atoms with Crippen LogP contribution in [0.2, 0.25) is 0 Å². The zero-order valence-electron chi connectivity index (χ0n) is 16.7. The summed E-state index contributed by atoms with van der Waals surface area (Å²) in [4.78, 5) is 12.5. The van der Waals surface area contributed by atoms with Crippen LogP contribution in [0.15, 0.2) is 72.8 Å². The van der Waals surface area contributed by atoms with Gasteiger partial charge in [-0.3, -0.25) is 4.79 Å². The van der Waals surface area contributed by atoms with E-state index in [1.807, 2.05) is 0 Å². The van der Waals surface area contributed by atoms with Crippen LogP contribution in [0.5, 0.6) is 5.75 Å². The number of amides is 1. The highest BCUT2D eigenvalue weighted by atomic mass is 19.4. The molecule has 0 fully saturated rings. The quantitative estimate of drug-likeness (QED) is 0.410. The SMILES string of the molecule is N=C(CN)c1ccc(NC(=O)C(O)c2cccc(-c3ccc(OC(F)(F)F)cc3)c2)cc1. The number of carbonyl (C=O) groups is 1. The Morgan fingerprint density at radius 3 is 2.28 bits per heavy atom. The number of rotatable bonds is 7. The standard InChI is InChI=1S/C23H20F3N3O3/c24-23(25,26)32-19-10-6-14(7-11-19)16-2-1-3-17(12-16)21(30)22(31)29-18-8-4-15(5-9-18)20(28)13-27/h1-12,21,28,30H,13,27H2,(H,29,31). The summed E-state index contributed by atoms with van der Waals surface area (Å²) >= 11 is 0. The number of aliphatic hydroxyl groups is 1. The van der Waals surface area contributed by atoms with Gasteiger partial charge < -0.3 is 26.3 Å². The second kappa shape index (κ2) is 9.63. The number of hydrogen-bond acceptors (Lipinski definition) is 5. The third-order valence-electron chi connectivity index (χ3n) is 4.58. The monoisotopic (exact) mass is 443 g/mol. The molecule has 0 aliphatic carbocycles. The van der Waals surface area contributed by atoms with Crippen molar-refractivity contribution in [2.24, 2.45) is 5.73 Å². The van der Waals surface area contributed by atoms with Gasteiger partial charge >= 0.3 is 6.36 Å². The predicted octanol–water partition coefficient (Wildman–Crippen LogP) is 4.25. The molecule has 9 heteroatoms. The van der Waals surface area contributed by atoms with Gasteiger partial charge in [-0.1, -0.05) is 42.5 Å². The summed E-state index contributed by atoms with van der Waals surface area (Å²) < 4.78 is 40.8. The number of nitrogens with one attached hydrogen (secondary N) is 2. The first-order chi connectivity index (χ1) is 15.2. The van der Waals surface area contributed by atoms with Crippen LogP contribution >= 0.6 is 0 Å². The van der Waals surface area contributed by atoms with Crippen LogP contribution in [0.4, 0.5) is 18.9 Å². The topological polar surface area (TPSA) is 108 Å². The van der Waals surface area contributed by atoms with Gasteiger partial charge in [-0.2, -0.15) is 0 Å². The van der Waals surface area contributed by atoms with Crippen molar-refractivity contribution >= 4 is 17.3 Å². The first-order valence-electron chi connectivity index (χ1n) is 9.49. The Hall–Kier alpha value is -3.69. The van der Waals surface area contributed by atoms with Crippen molar-refractivity contribution in [1.82, 2.24) is 0 Å². The normalized spacial score (nSPS) is 12.2. The molecule has 0 saturated heterocycles. The zero-order valence-corrected chi connectivity index (χ0v) is 16.7. The third-order valence-corrected chi connectivity index (χ3v) is 4.58. The van der Waals surface area contributed by atoms with Crippen molar-refractivity contribution in [3.8, 4) is 16.9 Å². The third kappa shape index (κ3) is 5.93. The second-order valence-electron chi connectivity index (χ2n) is 6.85. The Labute approximate surface area is 182 Å². The number of nitrogens with two attached hydrogens (primary N) is 1. The van der Waals surface area contributed by atoms with Crippen molar-refractivity contribution in [1.29, 1.82) is 5.41 Å². The summed E-state index contributed by atoms with van der Waals surface area (Å²) in [6, 6.07) is 18.3. The van der Waals surface area contributed by atoms with Gasteiger partial charge in [-0.05, 0) is 52.6 Å². The van der Waals surface area contributed by atoms with Crippen LogP contribution in [0.3, 0.4) is 0 Å². The molecule has 6 nitrogen and oxygen atoms in total. The first-order valence-corrected chi connectivity index (χ1v) is 9.49. The molecule has 0 heterocycles. The molecule has 3 aromatic rings. The van der Waals surface area contributed by atoms with Gasteiger partial charge in [0, 0.05) is 12.2 Å². The van der Waals surface area contributed by atoms with Crippen LogP contribution in [0, 0.1) is 5.41 Å². The van der Waals surface area contributed by atoms with Gasteiger partial charge in [-0.15, -0.1) is 13.2 Å². The van der Waals surface area contributed by atoms with E-state index >= 15 is 0 Å². The molecule has 0 aromatic heterocycles. The minimum absolute atomic E-state index is 0.0961. The Balaban J connectivity index is 1.71. The average molecular weight is 443 g/mol. The highest BCUT2D eigenvalue weighted by Crippen LogP contribution is 2.28. The Morgan fingerprint density at radius 2 is 1.69 bits per heavy atom. The fraction of sp³-hybridized carbons (Fsp3) is 0.130. The highest BCUT2D eigenvalue weighted by molar-refractivity contribution is 6.00. The van der Waals surface area contributed by atoms with E-state index < -0.39 is 18.4 Å². The van der Waals surface area contributed by atoms with Crippen LogP contribution in [0.1, 0.15) is 17.2 Å². The van der Waals surface area contributed by atoms with E-state index in [2.05, 4.69) is 10.1 Å². The molecular formula is C23H20F3N3O3. The molecule has 5 N–H and O–H groups in total. The molecule has 0 spiro atoms. The van der Waals surface area contributed by atoms with Crippen molar-refractivity contribution in [3.63, 3.8) is 0 Å². The van der Waals surface area contributed by atoms with Crippen molar-refractivity contribution in [2.45, 2.75) is 12.5 Å². The Morgan fingerprint density at radius 1 is 1.03 bits per heavy atom. The van der Waals surface area contributed by atoms with E-state index in [4.69, 9.17) is 11.1 Å². The Kier molecular flexibility index (Phi) is 6.92. The number of alkyl halides is 3. The molecule has 0 bridgehead atoms. The van der Waals surface area contributed by atoms with E-state index in [-0.39, 0.29) is 18.0 Å². The molecule has 0 saturated carbocycles. The van der Waals surface area contributed by atoms with Gasteiger partial charge in [0.2, 0.25) is 0 Å². The molecule has 1 unspecified atom stereocenters. The lowest BCUT2D eigenvalue weighted by Gasteiger charge is -2.14. The van der Waals surface area contributed by atoms with Crippen LogP contribution in [0.25, 0.3) is 11.1 Å². The minimum Gasteiger partial charge on any atom is -0.406 e. The Bertz CT molecular complexity index is 1100. The van der Waals surface area contributed by atoms with E-state index in [0.29, 0.717) is 27.9 Å². The molecular weight excluding hydrogens is 423 g/mol. The summed E-state index contributed by atoms with van der Waals surface area (Å²) in [5.41, 5.74) is 8.28. The van der Waals surface area contributed by atoms with E-state index in [0.717, 1.165) is 0 Å². The highest BCUT2D eigenvalue weighted by Gasteiger charge is 2.31. The lowest BCUT2D eigenvalue weighted by Crippen LogP contribution is -2.21. The number of ether oxygens (including phenoxy) is 1. The van der Waals surface area contributed by atoms with E-state index in [9.17, 15) is 23.1 Å². The number of anilines is 1. The number of benzene rings is 3. The van der Waals surface area contributed by atoms with Crippen LogP contribution in [-0.4, -0.2) is 29.6 Å². The molecule has 32 heavy (non-hydrogen) atoms. The van der Waals surface area contributed by atoms with Crippen molar-refractivity contribution in [3.05, 3.63) is 83.9 Å². The predicted molar refractivity (Wildman–Crippen MR) is 114 cm³/mol. The average Bonchev–Trinajstić information content (AvgIpc) is 2.78. The smallest absolute Gasteiger partial charge is 0.406 e. The summed E-state index contributed by atoms with van der Waals surface area (Å²) in [7, 11) is 0. The zero-order chi connectivity index (χ0) is 23.3. The minimum atomic E-state index is -4.77. The molecule has 3 rings (SSSR count). The fourth-order valence-corrected chi connectivity index (χ4v) is 2.97. The van der Waals surface area contributed by atoms with Crippen LogP contribution in [-0.2, 0) is 4.79 Å². The summed E-state index contributed by atoms with van der Waals surface area (Å²) in [5, 5.41) is 20.8. The maximum Gasteiger partial charge on any atom is 0.573 e. The number of carbonyl (C=O) groups excluding carboxylic acids is 1. The molecule has 3 aromatic carbocycles. The largest absolute Gasteiger partial charge is 0.573 e. The summed E-state index contributed by atoms with van der Waals surface area (Å²) in [6.07, 6.45) is -6.24. The number of aliphatic hydroxyl groups excluding tert-OH is 1. The molecule has 0 aliphatic rings. The summed E-state index contributed by atoms with van der Waals surface area (Å²) in [6.45, 7) is 0.0961. The fourth-order valence-electron chi connectivity index (χ4n) is 2.97. The molecule has 1 amide bonds. The molecule has 166 valence electrons.